The summed E-state index contributed by atoms with van der Waals surface area (Å²) in [6.45, 7) is 2.06. The van der Waals surface area contributed by atoms with Gasteiger partial charge in [0.25, 0.3) is 0 Å². The fraction of sp³-hybridized carbons (Fsp3) is 0.353. The summed E-state index contributed by atoms with van der Waals surface area (Å²) in [5, 5.41) is 8.60. The van der Waals surface area contributed by atoms with Gasteiger partial charge in [0, 0.05) is 30.2 Å². The first-order valence-corrected chi connectivity index (χ1v) is 10.4. The number of thiophene rings is 1. The van der Waals surface area contributed by atoms with Gasteiger partial charge in [0.1, 0.15) is 4.21 Å². The summed E-state index contributed by atoms with van der Waals surface area (Å²) in [4.78, 5) is 13.7. The predicted molar refractivity (Wildman–Crippen MR) is 98.6 cm³/mol. The summed E-state index contributed by atoms with van der Waals surface area (Å²) in [5.41, 5.74) is 2.17. The molecule has 1 saturated heterocycles. The van der Waals surface area contributed by atoms with Crippen LogP contribution in [0.15, 0.2) is 40.6 Å². The maximum absolute atomic E-state index is 12.2. The zero-order chi connectivity index (χ0) is 17.9. The predicted octanol–water partition coefficient (Wildman–Crippen LogP) is 2.77. The van der Waals surface area contributed by atoms with Crippen LogP contribution >= 0.6 is 11.3 Å². The van der Waals surface area contributed by atoms with Gasteiger partial charge in [0.2, 0.25) is 10.0 Å². The average Bonchev–Trinajstić information content (AvgIpc) is 3.27. The Kier molecular flexibility index (Phi) is 5.41. The molecule has 0 amide bonds. The Labute approximate surface area is 151 Å². The second kappa shape index (κ2) is 7.55. The number of anilines is 1. The summed E-state index contributed by atoms with van der Waals surface area (Å²) in [7, 11) is -3.67. The third kappa shape index (κ3) is 4.39. The number of aliphatic carboxylic acids is 1. The number of rotatable bonds is 7. The minimum atomic E-state index is -3.67. The van der Waals surface area contributed by atoms with E-state index in [2.05, 4.69) is 21.8 Å². The Hall–Kier alpha value is -1.90. The van der Waals surface area contributed by atoms with Crippen LogP contribution in [0.2, 0.25) is 0 Å². The van der Waals surface area contributed by atoms with Crippen LogP contribution in [0.4, 0.5) is 5.69 Å². The molecule has 1 fully saturated rings. The zero-order valence-corrected chi connectivity index (χ0v) is 15.3. The van der Waals surface area contributed by atoms with Crippen LogP contribution in [0, 0.1) is 0 Å². The summed E-state index contributed by atoms with van der Waals surface area (Å²) >= 11 is 1.18. The van der Waals surface area contributed by atoms with Crippen molar-refractivity contribution in [3.8, 4) is 10.4 Å². The van der Waals surface area contributed by atoms with Crippen molar-refractivity contribution in [1.29, 1.82) is 0 Å². The largest absolute Gasteiger partial charge is 0.481 e. The molecule has 2 N–H and O–H groups in total. The number of hydrogen-bond acceptors (Lipinski definition) is 5. The Bertz CT molecular complexity index is 838. The van der Waals surface area contributed by atoms with Crippen molar-refractivity contribution in [2.75, 3.05) is 24.5 Å². The van der Waals surface area contributed by atoms with Crippen molar-refractivity contribution in [3.05, 3.63) is 36.4 Å². The van der Waals surface area contributed by atoms with Crippen molar-refractivity contribution in [2.24, 2.45) is 0 Å². The highest BCUT2D eigenvalue weighted by Crippen LogP contribution is 2.32. The maximum Gasteiger partial charge on any atom is 0.304 e. The number of carboxylic acid groups (broad SMARTS) is 1. The fourth-order valence-electron chi connectivity index (χ4n) is 2.80. The second-order valence-corrected chi connectivity index (χ2v) is 8.98. The Balaban J connectivity index is 1.71. The molecule has 0 radical (unpaired) electrons. The number of nitrogens with zero attached hydrogens (tertiary/aromatic N) is 1. The van der Waals surface area contributed by atoms with Crippen molar-refractivity contribution in [1.82, 2.24) is 4.72 Å². The van der Waals surface area contributed by atoms with E-state index in [0.717, 1.165) is 23.5 Å². The van der Waals surface area contributed by atoms with E-state index < -0.39 is 16.0 Å². The lowest BCUT2D eigenvalue weighted by molar-refractivity contribution is -0.136. The third-order valence-electron chi connectivity index (χ3n) is 4.10. The van der Waals surface area contributed by atoms with Gasteiger partial charge in [-0.05, 0) is 42.7 Å². The molecule has 8 heteroatoms. The molecule has 25 heavy (non-hydrogen) atoms. The van der Waals surface area contributed by atoms with Crippen molar-refractivity contribution in [2.45, 2.75) is 23.5 Å². The molecule has 0 aliphatic carbocycles. The molecule has 1 aliphatic heterocycles. The lowest BCUT2D eigenvalue weighted by atomic mass is 10.1. The van der Waals surface area contributed by atoms with Crippen LogP contribution in [0.5, 0.6) is 0 Å². The van der Waals surface area contributed by atoms with Gasteiger partial charge in [-0.15, -0.1) is 11.3 Å². The summed E-state index contributed by atoms with van der Waals surface area (Å²) in [6.07, 6.45) is 2.21. The monoisotopic (exact) mass is 380 g/mol. The van der Waals surface area contributed by atoms with Crippen LogP contribution in [0.25, 0.3) is 10.4 Å². The quantitative estimate of drug-likeness (QED) is 0.771. The van der Waals surface area contributed by atoms with Crippen LogP contribution in [0.1, 0.15) is 19.3 Å². The molecule has 1 aliphatic rings. The van der Waals surface area contributed by atoms with Crippen LogP contribution < -0.4 is 9.62 Å². The number of hydrogen-bond donors (Lipinski definition) is 2. The van der Waals surface area contributed by atoms with E-state index in [1.54, 1.807) is 12.1 Å². The fourth-order valence-corrected chi connectivity index (χ4v) is 5.18. The molecule has 2 aromatic rings. The van der Waals surface area contributed by atoms with E-state index in [0.29, 0.717) is 0 Å². The number of sulfonamides is 1. The highest BCUT2D eigenvalue weighted by atomic mass is 32.2. The lowest BCUT2D eigenvalue weighted by Gasteiger charge is -2.17. The minimum Gasteiger partial charge on any atom is -0.481 e. The summed E-state index contributed by atoms with van der Waals surface area (Å²) < 4.78 is 26.9. The smallest absolute Gasteiger partial charge is 0.304 e. The topological polar surface area (TPSA) is 86.7 Å². The normalized spacial score (nSPS) is 14.8. The molecule has 0 bridgehead atoms. The van der Waals surface area contributed by atoms with Crippen molar-refractivity contribution in [3.63, 3.8) is 0 Å². The van der Waals surface area contributed by atoms with Crippen LogP contribution in [0.3, 0.4) is 0 Å². The number of benzene rings is 1. The first-order chi connectivity index (χ1) is 12.0. The third-order valence-corrected chi connectivity index (χ3v) is 7.19. The number of carboxylic acids is 1. The van der Waals surface area contributed by atoms with Gasteiger partial charge in [-0.25, -0.2) is 13.1 Å². The van der Waals surface area contributed by atoms with Crippen molar-refractivity contribution < 1.29 is 18.3 Å². The van der Waals surface area contributed by atoms with E-state index >= 15 is 0 Å². The SMILES string of the molecule is O=C(O)CCNS(=O)(=O)c1ccc(-c2ccc(N3CCCC3)cc2)s1. The molecule has 1 aromatic carbocycles. The van der Waals surface area contributed by atoms with Gasteiger partial charge in [0.05, 0.1) is 6.42 Å². The second-order valence-electron chi connectivity index (χ2n) is 5.90. The Morgan fingerprint density at radius 3 is 2.44 bits per heavy atom. The van der Waals surface area contributed by atoms with E-state index in [4.69, 9.17) is 5.11 Å². The molecule has 1 aromatic heterocycles. The highest BCUT2D eigenvalue weighted by molar-refractivity contribution is 7.91. The number of nitrogens with one attached hydrogen (secondary N) is 1. The Morgan fingerprint density at radius 2 is 1.80 bits per heavy atom. The first-order valence-electron chi connectivity index (χ1n) is 8.12. The van der Waals surface area contributed by atoms with Crippen LogP contribution in [-0.4, -0.2) is 39.1 Å². The molecule has 134 valence electrons. The first kappa shape index (κ1) is 17.9. The molecule has 0 unspecified atom stereocenters. The van der Waals surface area contributed by atoms with Gasteiger partial charge in [0.15, 0.2) is 0 Å². The van der Waals surface area contributed by atoms with Gasteiger partial charge < -0.3 is 10.0 Å². The zero-order valence-electron chi connectivity index (χ0n) is 13.6. The van der Waals surface area contributed by atoms with Crippen molar-refractivity contribution >= 4 is 33.0 Å². The van der Waals surface area contributed by atoms with E-state index in [1.807, 2.05) is 12.1 Å². The summed E-state index contributed by atoms with van der Waals surface area (Å²) in [5.74, 6) is -1.03. The highest BCUT2D eigenvalue weighted by Gasteiger charge is 2.18. The van der Waals surface area contributed by atoms with Gasteiger partial charge >= 0.3 is 5.97 Å². The molecule has 3 rings (SSSR count). The maximum atomic E-state index is 12.2. The molecule has 0 atom stereocenters. The van der Waals surface area contributed by atoms with Gasteiger partial charge in [-0.2, -0.15) is 0 Å². The van der Waals surface area contributed by atoms with Crippen LogP contribution in [-0.2, 0) is 14.8 Å². The van der Waals surface area contributed by atoms with Gasteiger partial charge in [-0.1, -0.05) is 12.1 Å². The van der Waals surface area contributed by atoms with E-state index in [-0.39, 0.29) is 17.2 Å². The van der Waals surface area contributed by atoms with E-state index in [1.165, 1.54) is 29.9 Å². The van der Waals surface area contributed by atoms with E-state index in [9.17, 15) is 13.2 Å². The lowest BCUT2D eigenvalue weighted by Crippen LogP contribution is -2.25. The standard InChI is InChI=1S/C17H20N2O4S2/c20-16(21)9-10-18-25(22,23)17-8-7-15(24-17)13-3-5-14(6-4-13)19-11-1-2-12-19/h3-8,18H,1-2,9-12H2,(H,20,21). The summed E-state index contributed by atoms with van der Waals surface area (Å²) in [6, 6.07) is 11.5. The molecule has 0 spiro atoms. The Morgan fingerprint density at radius 1 is 1.12 bits per heavy atom. The molecule has 2 heterocycles. The molecular weight excluding hydrogens is 360 g/mol. The molecule has 6 nitrogen and oxygen atoms in total. The minimum absolute atomic E-state index is 0.116. The molecular formula is C17H20N2O4S2. The molecule has 0 saturated carbocycles. The number of carbonyl (C=O) groups is 1. The average molecular weight is 380 g/mol. The van der Waals surface area contributed by atoms with Gasteiger partial charge in [-0.3, -0.25) is 4.79 Å².